The largest absolute Gasteiger partial charge is 0.334 e. The van der Waals surface area contributed by atoms with Crippen molar-refractivity contribution in [2.24, 2.45) is 0 Å². The molecule has 0 spiro atoms. The molecule has 1 aliphatic heterocycles. The molecule has 0 radical (unpaired) electrons. The molecule has 1 aliphatic rings. The first kappa shape index (κ1) is 17.3. The number of carbonyl (C=O) groups excluding carboxylic acids is 1. The van der Waals surface area contributed by atoms with Crippen molar-refractivity contribution in [3.05, 3.63) is 39.7 Å². The van der Waals surface area contributed by atoms with Crippen LogP contribution < -0.4 is 5.32 Å². The number of likely N-dealkylation sites (tertiary alicyclic amines) is 1. The Morgan fingerprint density at radius 2 is 2.29 bits per heavy atom. The van der Waals surface area contributed by atoms with Gasteiger partial charge in [-0.15, -0.1) is 12.4 Å². The van der Waals surface area contributed by atoms with Gasteiger partial charge in [-0.2, -0.15) is 0 Å². The molecule has 1 aromatic rings. The molecule has 1 aromatic carbocycles. The van der Waals surface area contributed by atoms with E-state index in [1.807, 2.05) is 0 Å². The molecule has 0 saturated carbocycles. The molecular weight excluding hydrogens is 301 g/mol. The van der Waals surface area contributed by atoms with E-state index in [9.17, 15) is 19.3 Å². The van der Waals surface area contributed by atoms with Gasteiger partial charge in [-0.1, -0.05) is 0 Å². The van der Waals surface area contributed by atoms with Crippen LogP contribution in [0, 0.1) is 15.9 Å². The first-order chi connectivity index (χ1) is 9.54. The predicted molar refractivity (Wildman–Crippen MR) is 78.3 cm³/mol. The molecule has 1 N–H and O–H groups in total. The van der Waals surface area contributed by atoms with Crippen LogP contribution in [0.2, 0.25) is 0 Å². The van der Waals surface area contributed by atoms with E-state index >= 15 is 0 Å². The van der Waals surface area contributed by atoms with Crippen molar-refractivity contribution in [2.75, 3.05) is 20.1 Å². The average Bonchev–Trinajstić information content (AvgIpc) is 2.86. The summed E-state index contributed by atoms with van der Waals surface area (Å²) in [5.41, 5.74) is -0.537. The minimum Gasteiger partial charge on any atom is -0.334 e. The highest BCUT2D eigenvalue weighted by Gasteiger charge is 2.32. The zero-order valence-corrected chi connectivity index (χ0v) is 12.4. The smallest absolute Gasteiger partial charge is 0.282 e. The average molecular weight is 318 g/mol. The summed E-state index contributed by atoms with van der Waals surface area (Å²) in [4.78, 5) is 24.3. The van der Waals surface area contributed by atoms with Gasteiger partial charge in [0.1, 0.15) is 11.4 Å². The van der Waals surface area contributed by atoms with Crippen LogP contribution in [0.3, 0.4) is 0 Å². The molecule has 1 unspecified atom stereocenters. The number of nitrogens with zero attached hydrogens (tertiary/aromatic N) is 2. The SMILES string of the molecule is CNCC1CCCN1C(=O)c1cc(F)ccc1[N+](=O)[O-].Cl. The summed E-state index contributed by atoms with van der Waals surface area (Å²) in [6.45, 7) is 1.16. The van der Waals surface area contributed by atoms with Gasteiger partial charge in [0, 0.05) is 25.2 Å². The van der Waals surface area contributed by atoms with E-state index in [0.717, 1.165) is 31.0 Å². The van der Waals surface area contributed by atoms with Crippen LogP contribution in [0.15, 0.2) is 18.2 Å². The Balaban J connectivity index is 0.00000220. The number of nitrogens with one attached hydrogen (secondary N) is 1. The number of hydrogen-bond donors (Lipinski definition) is 1. The lowest BCUT2D eigenvalue weighted by Gasteiger charge is -2.24. The lowest BCUT2D eigenvalue weighted by atomic mass is 10.1. The monoisotopic (exact) mass is 317 g/mol. The fourth-order valence-electron chi connectivity index (χ4n) is 2.54. The first-order valence-electron chi connectivity index (χ1n) is 6.44. The molecule has 1 atom stereocenters. The summed E-state index contributed by atoms with van der Waals surface area (Å²) in [7, 11) is 1.78. The van der Waals surface area contributed by atoms with Crippen LogP contribution in [-0.4, -0.2) is 41.9 Å². The third-order valence-corrected chi connectivity index (χ3v) is 3.46. The van der Waals surface area contributed by atoms with E-state index in [1.54, 1.807) is 11.9 Å². The lowest BCUT2D eigenvalue weighted by molar-refractivity contribution is -0.385. The second-order valence-corrected chi connectivity index (χ2v) is 4.77. The molecular formula is C13H17ClFN3O3. The third-order valence-electron chi connectivity index (χ3n) is 3.46. The second kappa shape index (κ2) is 7.33. The normalized spacial score (nSPS) is 17.4. The Morgan fingerprint density at radius 1 is 1.57 bits per heavy atom. The van der Waals surface area contributed by atoms with Gasteiger partial charge < -0.3 is 10.2 Å². The van der Waals surface area contributed by atoms with Crippen LogP contribution in [-0.2, 0) is 0 Å². The third kappa shape index (κ3) is 3.68. The number of likely N-dealkylation sites (N-methyl/N-ethyl adjacent to an activating group) is 1. The minimum atomic E-state index is -0.657. The number of amides is 1. The molecule has 6 nitrogen and oxygen atoms in total. The molecule has 1 heterocycles. The highest BCUT2D eigenvalue weighted by Crippen LogP contribution is 2.25. The van der Waals surface area contributed by atoms with Gasteiger partial charge in [-0.05, 0) is 32.0 Å². The number of nitro benzene ring substituents is 1. The Labute approximate surface area is 127 Å². The second-order valence-electron chi connectivity index (χ2n) is 4.77. The van der Waals surface area contributed by atoms with Gasteiger partial charge in [0.25, 0.3) is 11.6 Å². The minimum absolute atomic E-state index is 0. The summed E-state index contributed by atoms with van der Waals surface area (Å²) >= 11 is 0. The van der Waals surface area contributed by atoms with Gasteiger partial charge in [0.05, 0.1) is 4.92 Å². The van der Waals surface area contributed by atoms with E-state index in [0.29, 0.717) is 13.1 Å². The van der Waals surface area contributed by atoms with Crippen molar-refractivity contribution in [2.45, 2.75) is 18.9 Å². The fraction of sp³-hybridized carbons (Fsp3) is 0.462. The maximum absolute atomic E-state index is 13.3. The lowest BCUT2D eigenvalue weighted by Crippen LogP contribution is -2.41. The molecule has 2 rings (SSSR count). The number of rotatable bonds is 4. The van der Waals surface area contributed by atoms with Crippen LogP contribution in [0.25, 0.3) is 0 Å². The molecule has 0 aromatic heterocycles. The van der Waals surface area contributed by atoms with E-state index in [-0.39, 0.29) is 29.7 Å². The summed E-state index contributed by atoms with van der Waals surface area (Å²) in [6, 6.07) is 2.96. The Hall–Kier alpha value is -1.73. The number of carbonyl (C=O) groups is 1. The molecule has 116 valence electrons. The van der Waals surface area contributed by atoms with Crippen molar-refractivity contribution >= 4 is 24.0 Å². The summed E-state index contributed by atoms with van der Waals surface area (Å²) in [5.74, 6) is -1.13. The number of benzene rings is 1. The van der Waals surface area contributed by atoms with Gasteiger partial charge >= 0.3 is 0 Å². The Kier molecular flexibility index (Phi) is 6.04. The maximum Gasteiger partial charge on any atom is 0.282 e. The van der Waals surface area contributed by atoms with E-state index < -0.39 is 16.6 Å². The van der Waals surface area contributed by atoms with Gasteiger partial charge in [-0.3, -0.25) is 14.9 Å². The number of halogens is 2. The zero-order chi connectivity index (χ0) is 14.7. The summed E-state index contributed by atoms with van der Waals surface area (Å²) < 4.78 is 13.3. The summed E-state index contributed by atoms with van der Waals surface area (Å²) in [5, 5.41) is 14.0. The quantitative estimate of drug-likeness (QED) is 0.680. The predicted octanol–water partition coefficient (Wildman–Crippen LogP) is 1.98. The first-order valence-corrected chi connectivity index (χ1v) is 6.44. The standard InChI is InChI=1S/C13H16FN3O3.ClH/c1-15-8-10-3-2-6-16(10)13(18)11-7-9(14)4-5-12(11)17(19)20;/h4-5,7,10,15H,2-3,6,8H2,1H3;1H. The number of nitro groups is 1. The molecule has 21 heavy (non-hydrogen) atoms. The molecule has 8 heteroatoms. The highest BCUT2D eigenvalue weighted by atomic mass is 35.5. The van der Waals surface area contributed by atoms with E-state index in [4.69, 9.17) is 0 Å². The van der Waals surface area contributed by atoms with Crippen molar-refractivity contribution in [1.82, 2.24) is 10.2 Å². The molecule has 0 aliphatic carbocycles. The van der Waals surface area contributed by atoms with Gasteiger partial charge in [0.2, 0.25) is 0 Å². The zero-order valence-electron chi connectivity index (χ0n) is 11.5. The maximum atomic E-state index is 13.3. The van der Waals surface area contributed by atoms with Gasteiger partial charge in [-0.25, -0.2) is 4.39 Å². The topological polar surface area (TPSA) is 75.5 Å². The van der Waals surface area contributed by atoms with Crippen molar-refractivity contribution in [3.63, 3.8) is 0 Å². The van der Waals surface area contributed by atoms with Crippen LogP contribution in [0.5, 0.6) is 0 Å². The summed E-state index contributed by atoms with van der Waals surface area (Å²) in [6.07, 6.45) is 1.69. The van der Waals surface area contributed by atoms with Gasteiger partial charge in [0.15, 0.2) is 0 Å². The Morgan fingerprint density at radius 3 is 2.90 bits per heavy atom. The fourth-order valence-corrected chi connectivity index (χ4v) is 2.54. The van der Waals surface area contributed by atoms with Crippen LogP contribution in [0.1, 0.15) is 23.2 Å². The van der Waals surface area contributed by atoms with Crippen molar-refractivity contribution < 1.29 is 14.1 Å². The van der Waals surface area contributed by atoms with Crippen molar-refractivity contribution in [1.29, 1.82) is 0 Å². The number of hydrogen-bond acceptors (Lipinski definition) is 4. The highest BCUT2D eigenvalue weighted by molar-refractivity contribution is 5.98. The molecule has 1 amide bonds. The molecule has 1 saturated heterocycles. The van der Waals surface area contributed by atoms with Crippen LogP contribution >= 0.6 is 12.4 Å². The van der Waals surface area contributed by atoms with Crippen molar-refractivity contribution in [3.8, 4) is 0 Å². The molecule has 0 bridgehead atoms. The van der Waals surface area contributed by atoms with Crippen LogP contribution in [0.4, 0.5) is 10.1 Å². The Bertz CT molecular complexity index is 541. The van der Waals surface area contributed by atoms with E-state index in [2.05, 4.69) is 5.32 Å². The van der Waals surface area contributed by atoms with E-state index in [1.165, 1.54) is 0 Å². The molecule has 1 fully saturated rings.